The SMILES string of the molecule is CNC(=O)CSc1ncc(-c2cccc([N+](=O)[O-])c2)n1-c1ccc(C)cc1. The Kier molecular flexibility index (Phi) is 5.56. The summed E-state index contributed by atoms with van der Waals surface area (Å²) in [6.45, 7) is 2.00. The minimum atomic E-state index is -0.419. The summed E-state index contributed by atoms with van der Waals surface area (Å²) in [4.78, 5) is 26.8. The first-order valence-electron chi connectivity index (χ1n) is 8.22. The van der Waals surface area contributed by atoms with E-state index in [4.69, 9.17) is 0 Å². The molecule has 1 amide bonds. The smallest absolute Gasteiger partial charge is 0.270 e. The molecule has 3 rings (SSSR count). The van der Waals surface area contributed by atoms with Crippen molar-refractivity contribution in [3.05, 3.63) is 70.4 Å². The van der Waals surface area contributed by atoms with Gasteiger partial charge in [-0.3, -0.25) is 19.5 Å². The van der Waals surface area contributed by atoms with E-state index in [2.05, 4.69) is 10.3 Å². The molecule has 0 aliphatic heterocycles. The fraction of sp³-hybridized carbons (Fsp3) is 0.158. The van der Waals surface area contributed by atoms with Crippen LogP contribution in [0.3, 0.4) is 0 Å². The summed E-state index contributed by atoms with van der Waals surface area (Å²) in [5.74, 6) is 0.128. The maximum atomic E-state index is 11.6. The van der Waals surface area contributed by atoms with Gasteiger partial charge in [0, 0.05) is 30.4 Å². The molecule has 7 nitrogen and oxygen atoms in total. The van der Waals surface area contributed by atoms with Gasteiger partial charge in [0.05, 0.1) is 22.6 Å². The lowest BCUT2D eigenvalue weighted by atomic mass is 10.1. The van der Waals surface area contributed by atoms with E-state index in [0.29, 0.717) is 10.7 Å². The lowest BCUT2D eigenvalue weighted by Gasteiger charge is -2.12. The predicted octanol–water partition coefficient (Wildman–Crippen LogP) is 3.59. The quantitative estimate of drug-likeness (QED) is 0.400. The third-order valence-electron chi connectivity index (χ3n) is 3.99. The number of carbonyl (C=O) groups is 1. The van der Waals surface area contributed by atoms with E-state index < -0.39 is 4.92 Å². The third-order valence-corrected chi connectivity index (χ3v) is 4.94. The molecule has 0 saturated carbocycles. The van der Waals surface area contributed by atoms with Crippen LogP contribution in [0.5, 0.6) is 0 Å². The molecule has 1 aromatic heterocycles. The van der Waals surface area contributed by atoms with Gasteiger partial charge in [0.1, 0.15) is 0 Å². The summed E-state index contributed by atoms with van der Waals surface area (Å²) in [5.41, 5.74) is 3.42. The average Bonchev–Trinajstić information content (AvgIpc) is 3.10. The van der Waals surface area contributed by atoms with Crippen molar-refractivity contribution in [3.63, 3.8) is 0 Å². The Morgan fingerprint density at radius 1 is 1.26 bits per heavy atom. The number of nitrogens with one attached hydrogen (secondary N) is 1. The van der Waals surface area contributed by atoms with Crippen LogP contribution in [0.25, 0.3) is 16.9 Å². The zero-order valence-electron chi connectivity index (χ0n) is 14.9. The van der Waals surface area contributed by atoms with E-state index in [-0.39, 0.29) is 17.3 Å². The minimum absolute atomic E-state index is 0.0173. The number of benzene rings is 2. The first-order valence-corrected chi connectivity index (χ1v) is 9.21. The van der Waals surface area contributed by atoms with E-state index in [1.165, 1.54) is 23.9 Å². The summed E-state index contributed by atoms with van der Waals surface area (Å²) in [5, 5.41) is 14.4. The maximum absolute atomic E-state index is 11.6. The van der Waals surface area contributed by atoms with E-state index in [0.717, 1.165) is 16.9 Å². The molecule has 0 aliphatic rings. The second-order valence-corrected chi connectivity index (χ2v) is 6.81. The molecule has 0 aliphatic carbocycles. The number of thioether (sulfide) groups is 1. The lowest BCUT2D eigenvalue weighted by molar-refractivity contribution is -0.384. The third kappa shape index (κ3) is 4.17. The number of rotatable bonds is 6. The number of hydrogen-bond donors (Lipinski definition) is 1. The first-order chi connectivity index (χ1) is 13.0. The van der Waals surface area contributed by atoms with Crippen LogP contribution in [0, 0.1) is 17.0 Å². The average molecular weight is 382 g/mol. The zero-order chi connectivity index (χ0) is 19.4. The number of aryl methyl sites for hydroxylation is 1. The lowest BCUT2D eigenvalue weighted by Crippen LogP contribution is -2.20. The number of nitrogens with zero attached hydrogens (tertiary/aromatic N) is 3. The Morgan fingerprint density at radius 3 is 2.67 bits per heavy atom. The highest BCUT2D eigenvalue weighted by atomic mass is 32.2. The van der Waals surface area contributed by atoms with Gasteiger partial charge < -0.3 is 5.32 Å². The van der Waals surface area contributed by atoms with E-state index in [9.17, 15) is 14.9 Å². The fourth-order valence-electron chi connectivity index (χ4n) is 2.56. The highest BCUT2D eigenvalue weighted by Gasteiger charge is 2.17. The first kappa shape index (κ1) is 18.7. The van der Waals surface area contributed by atoms with Crippen molar-refractivity contribution in [2.24, 2.45) is 0 Å². The van der Waals surface area contributed by atoms with Crippen LogP contribution in [-0.2, 0) is 4.79 Å². The largest absolute Gasteiger partial charge is 0.358 e. The van der Waals surface area contributed by atoms with Crippen LogP contribution in [0.4, 0.5) is 5.69 Å². The number of imidazole rings is 1. The maximum Gasteiger partial charge on any atom is 0.270 e. The molecule has 0 unspecified atom stereocenters. The zero-order valence-corrected chi connectivity index (χ0v) is 15.7. The van der Waals surface area contributed by atoms with Gasteiger partial charge in [0.15, 0.2) is 5.16 Å². The van der Waals surface area contributed by atoms with Crippen molar-refractivity contribution in [1.29, 1.82) is 0 Å². The van der Waals surface area contributed by atoms with E-state index in [1.54, 1.807) is 19.3 Å². The Morgan fingerprint density at radius 2 is 2.00 bits per heavy atom. The van der Waals surface area contributed by atoms with Crippen LogP contribution in [0.2, 0.25) is 0 Å². The molecule has 0 saturated heterocycles. The molecular formula is C19H18N4O3S. The number of aromatic nitrogens is 2. The monoisotopic (exact) mass is 382 g/mol. The molecule has 0 radical (unpaired) electrons. The van der Waals surface area contributed by atoms with Gasteiger partial charge in [-0.05, 0) is 19.1 Å². The van der Waals surface area contributed by atoms with Crippen LogP contribution in [0.15, 0.2) is 59.9 Å². The molecule has 27 heavy (non-hydrogen) atoms. The van der Waals surface area contributed by atoms with E-state index in [1.807, 2.05) is 41.8 Å². The van der Waals surface area contributed by atoms with Gasteiger partial charge in [0.25, 0.3) is 5.69 Å². The summed E-state index contributed by atoms with van der Waals surface area (Å²) >= 11 is 1.31. The van der Waals surface area contributed by atoms with Crippen molar-refractivity contribution >= 4 is 23.4 Å². The molecule has 1 N–H and O–H groups in total. The van der Waals surface area contributed by atoms with Crippen LogP contribution in [0.1, 0.15) is 5.56 Å². The summed E-state index contributed by atoms with van der Waals surface area (Å²) in [6, 6.07) is 14.3. The van der Waals surface area contributed by atoms with Crippen molar-refractivity contribution in [2.75, 3.05) is 12.8 Å². The standard InChI is InChI=1S/C19H18N4O3S/c1-13-6-8-15(9-7-13)22-17(11-21-19(22)27-12-18(24)20-2)14-4-3-5-16(10-14)23(25)26/h3-11H,12H2,1-2H3,(H,20,24). The van der Waals surface area contributed by atoms with Gasteiger partial charge in [0.2, 0.25) is 5.91 Å². The summed E-state index contributed by atoms with van der Waals surface area (Å²) < 4.78 is 1.91. The highest BCUT2D eigenvalue weighted by Crippen LogP contribution is 2.31. The van der Waals surface area contributed by atoms with Crippen molar-refractivity contribution in [3.8, 4) is 16.9 Å². The normalized spacial score (nSPS) is 10.6. The van der Waals surface area contributed by atoms with Gasteiger partial charge in [-0.15, -0.1) is 0 Å². The predicted molar refractivity (Wildman–Crippen MR) is 105 cm³/mol. The molecule has 3 aromatic rings. The minimum Gasteiger partial charge on any atom is -0.358 e. The topological polar surface area (TPSA) is 90.1 Å². The highest BCUT2D eigenvalue weighted by molar-refractivity contribution is 7.99. The van der Waals surface area contributed by atoms with Crippen molar-refractivity contribution in [2.45, 2.75) is 12.1 Å². The number of hydrogen-bond acceptors (Lipinski definition) is 5. The molecule has 8 heteroatoms. The van der Waals surface area contributed by atoms with Crippen molar-refractivity contribution in [1.82, 2.24) is 14.9 Å². The van der Waals surface area contributed by atoms with Gasteiger partial charge in [-0.2, -0.15) is 0 Å². The Hall–Kier alpha value is -3.13. The molecule has 0 fully saturated rings. The van der Waals surface area contributed by atoms with E-state index >= 15 is 0 Å². The molecule has 138 valence electrons. The van der Waals surface area contributed by atoms with Crippen molar-refractivity contribution < 1.29 is 9.72 Å². The summed E-state index contributed by atoms with van der Waals surface area (Å²) in [7, 11) is 1.59. The number of nitro benzene ring substituents is 1. The number of carbonyl (C=O) groups excluding carboxylic acids is 1. The number of amides is 1. The van der Waals surface area contributed by atoms with Crippen LogP contribution < -0.4 is 5.32 Å². The molecule has 1 heterocycles. The molecule has 0 spiro atoms. The van der Waals surface area contributed by atoms with Crippen LogP contribution >= 0.6 is 11.8 Å². The molecule has 2 aromatic carbocycles. The van der Waals surface area contributed by atoms with Gasteiger partial charge in [-0.1, -0.05) is 41.6 Å². The molecule has 0 atom stereocenters. The molecular weight excluding hydrogens is 364 g/mol. The van der Waals surface area contributed by atoms with Crippen LogP contribution in [-0.4, -0.2) is 33.2 Å². The molecule has 0 bridgehead atoms. The second kappa shape index (κ2) is 8.05. The van der Waals surface area contributed by atoms with Gasteiger partial charge >= 0.3 is 0 Å². The number of non-ortho nitro benzene ring substituents is 1. The Bertz CT molecular complexity index is 983. The fourth-order valence-corrected chi connectivity index (χ4v) is 3.43. The Labute approximate surface area is 160 Å². The second-order valence-electron chi connectivity index (χ2n) is 5.87. The number of nitro groups is 1. The summed E-state index contributed by atoms with van der Waals surface area (Å²) in [6.07, 6.45) is 1.67. The Balaban J connectivity index is 2.09. The van der Waals surface area contributed by atoms with Gasteiger partial charge in [-0.25, -0.2) is 4.98 Å².